The number of nitrogens with one attached hydrogen (secondary N) is 1. The molecule has 2 aliphatic heterocycles. The molecule has 2 heterocycles. The molecule has 1 amide bonds. The minimum Gasteiger partial charge on any atom is -0.378 e. The summed E-state index contributed by atoms with van der Waals surface area (Å²) in [4.78, 5) is 16.6. The van der Waals surface area contributed by atoms with E-state index in [1.165, 1.54) is 25.3 Å². The summed E-state index contributed by atoms with van der Waals surface area (Å²) in [6.45, 7) is 7.35. The van der Waals surface area contributed by atoms with Crippen molar-refractivity contribution in [2.45, 2.75) is 32.2 Å². The van der Waals surface area contributed by atoms with Gasteiger partial charge in [-0.2, -0.15) is 0 Å². The lowest BCUT2D eigenvalue weighted by Crippen LogP contribution is -2.42. The van der Waals surface area contributed by atoms with E-state index in [1.807, 2.05) is 4.90 Å². The molecule has 0 bridgehead atoms. The quantitative estimate of drug-likeness (QED) is 0.886. The Kier molecular flexibility index (Phi) is 6.26. The number of amides is 1. The second kappa shape index (κ2) is 8.63. The number of rotatable bonds is 5. The fourth-order valence-electron chi connectivity index (χ4n) is 3.61. The van der Waals surface area contributed by atoms with E-state index in [1.54, 1.807) is 12.1 Å². The molecule has 3 rings (SSSR count). The molecule has 2 fully saturated rings. The van der Waals surface area contributed by atoms with E-state index < -0.39 is 0 Å². The van der Waals surface area contributed by atoms with Gasteiger partial charge in [0.15, 0.2) is 0 Å². The third kappa shape index (κ3) is 4.70. The minimum absolute atomic E-state index is 0.211. The highest BCUT2D eigenvalue weighted by molar-refractivity contribution is 5.94. The Morgan fingerprint density at radius 1 is 1.28 bits per heavy atom. The van der Waals surface area contributed by atoms with Gasteiger partial charge in [-0.25, -0.2) is 4.39 Å². The maximum absolute atomic E-state index is 14.4. The number of halogens is 1. The van der Waals surface area contributed by atoms with E-state index in [9.17, 15) is 9.18 Å². The first-order valence-corrected chi connectivity index (χ1v) is 9.29. The predicted octanol–water partition coefficient (Wildman–Crippen LogP) is 2.27. The molecule has 5 nitrogen and oxygen atoms in total. The third-order valence-corrected chi connectivity index (χ3v) is 5.19. The molecule has 0 aromatic heterocycles. The molecule has 1 aromatic rings. The minimum atomic E-state index is -0.348. The Bertz CT molecular complexity index is 590. The van der Waals surface area contributed by atoms with Crippen LogP contribution < -0.4 is 10.2 Å². The van der Waals surface area contributed by atoms with Crippen molar-refractivity contribution in [3.63, 3.8) is 0 Å². The Labute approximate surface area is 149 Å². The number of hydrogen-bond donors (Lipinski definition) is 1. The van der Waals surface area contributed by atoms with Gasteiger partial charge in [-0.1, -0.05) is 6.42 Å². The number of benzene rings is 1. The van der Waals surface area contributed by atoms with E-state index >= 15 is 0 Å². The van der Waals surface area contributed by atoms with Gasteiger partial charge in [0.1, 0.15) is 5.82 Å². The van der Waals surface area contributed by atoms with E-state index in [0.717, 1.165) is 13.1 Å². The molecule has 0 saturated carbocycles. The van der Waals surface area contributed by atoms with Crippen LogP contribution >= 0.6 is 0 Å². The molecule has 1 atom stereocenters. The molecule has 0 radical (unpaired) electrons. The van der Waals surface area contributed by atoms with Crippen LogP contribution in [0.3, 0.4) is 0 Å². The van der Waals surface area contributed by atoms with Crippen LogP contribution in [0.5, 0.6) is 0 Å². The lowest BCUT2D eigenvalue weighted by Gasteiger charge is -2.33. The number of morpholine rings is 1. The van der Waals surface area contributed by atoms with Crippen LogP contribution in [0, 0.1) is 5.82 Å². The molecule has 25 heavy (non-hydrogen) atoms. The second-order valence-corrected chi connectivity index (χ2v) is 6.90. The Balaban J connectivity index is 1.52. The largest absolute Gasteiger partial charge is 0.378 e. The monoisotopic (exact) mass is 349 g/mol. The van der Waals surface area contributed by atoms with Crippen molar-refractivity contribution in [1.29, 1.82) is 0 Å². The molecule has 1 unspecified atom stereocenters. The molecule has 6 heteroatoms. The molecule has 1 N–H and O–H groups in total. The number of anilines is 1. The first-order valence-electron chi connectivity index (χ1n) is 9.29. The van der Waals surface area contributed by atoms with Crippen LogP contribution in [0.25, 0.3) is 0 Å². The molecule has 2 saturated heterocycles. The summed E-state index contributed by atoms with van der Waals surface area (Å²) in [5, 5.41) is 2.91. The van der Waals surface area contributed by atoms with Crippen molar-refractivity contribution in [2.24, 2.45) is 0 Å². The zero-order valence-corrected chi connectivity index (χ0v) is 15.0. The van der Waals surface area contributed by atoms with Crippen molar-refractivity contribution in [1.82, 2.24) is 10.2 Å². The first-order chi connectivity index (χ1) is 12.1. The lowest BCUT2D eigenvalue weighted by molar-refractivity contribution is 0.0938. The Morgan fingerprint density at radius 2 is 2.08 bits per heavy atom. The standard InChI is InChI=1S/C19H28FN3O2/c1-15-4-2-3-8-22(15)9-7-21-19(24)16-5-6-18(17(20)14-16)23-10-12-25-13-11-23/h5-6,14-15H,2-4,7-13H2,1H3,(H,21,24). The molecule has 138 valence electrons. The Morgan fingerprint density at radius 3 is 2.80 bits per heavy atom. The van der Waals surface area contributed by atoms with Gasteiger partial charge in [0.25, 0.3) is 5.91 Å². The highest BCUT2D eigenvalue weighted by atomic mass is 19.1. The zero-order valence-electron chi connectivity index (χ0n) is 15.0. The summed E-state index contributed by atoms with van der Waals surface area (Å²) < 4.78 is 19.7. The lowest BCUT2D eigenvalue weighted by atomic mass is 10.0. The van der Waals surface area contributed by atoms with Gasteiger partial charge in [-0.15, -0.1) is 0 Å². The van der Waals surface area contributed by atoms with Gasteiger partial charge < -0.3 is 15.0 Å². The summed E-state index contributed by atoms with van der Waals surface area (Å²) in [6, 6.07) is 5.31. The van der Waals surface area contributed by atoms with E-state index in [0.29, 0.717) is 50.1 Å². The van der Waals surface area contributed by atoms with Gasteiger partial charge in [0, 0.05) is 37.8 Å². The first kappa shape index (κ1) is 18.1. The SMILES string of the molecule is CC1CCCCN1CCNC(=O)c1ccc(N2CCOCC2)c(F)c1. The number of hydrogen-bond acceptors (Lipinski definition) is 4. The van der Waals surface area contributed by atoms with Crippen LogP contribution in [0.2, 0.25) is 0 Å². The van der Waals surface area contributed by atoms with E-state index in [4.69, 9.17) is 4.74 Å². The summed E-state index contributed by atoms with van der Waals surface area (Å²) in [7, 11) is 0. The van der Waals surface area contributed by atoms with Gasteiger partial charge in [-0.05, 0) is 44.5 Å². The normalized spacial score (nSPS) is 22.0. The van der Waals surface area contributed by atoms with E-state index in [-0.39, 0.29) is 11.7 Å². The van der Waals surface area contributed by atoms with Gasteiger partial charge in [0.2, 0.25) is 0 Å². The highest BCUT2D eigenvalue weighted by Crippen LogP contribution is 2.21. The fraction of sp³-hybridized carbons (Fsp3) is 0.632. The summed E-state index contributed by atoms with van der Waals surface area (Å²) in [6.07, 6.45) is 3.74. The maximum Gasteiger partial charge on any atom is 0.251 e. The number of ether oxygens (including phenoxy) is 1. The average molecular weight is 349 g/mol. The summed E-state index contributed by atoms with van der Waals surface area (Å²) in [5.74, 6) is -0.559. The van der Waals surface area contributed by atoms with Crippen molar-refractivity contribution >= 4 is 11.6 Å². The molecule has 2 aliphatic rings. The van der Waals surface area contributed by atoms with Crippen LogP contribution in [0.4, 0.5) is 10.1 Å². The average Bonchev–Trinajstić information content (AvgIpc) is 2.64. The van der Waals surface area contributed by atoms with Crippen molar-refractivity contribution < 1.29 is 13.9 Å². The maximum atomic E-state index is 14.4. The molecule has 1 aromatic carbocycles. The summed E-state index contributed by atoms with van der Waals surface area (Å²) >= 11 is 0. The molecule has 0 spiro atoms. The van der Waals surface area contributed by atoms with Crippen molar-refractivity contribution in [2.75, 3.05) is 50.8 Å². The topological polar surface area (TPSA) is 44.8 Å². The van der Waals surface area contributed by atoms with E-state index in [2.05, 4.69) is 17.1 Å². The second-order valence-electron chi connectivity index (χ2n) is 6.90. The molecular formula is C19H28FN3O2. The highest BCUT2D eigenvalue weighted by Gasteiger charge is 2.19. The van der Waals surface area contributed by atoms with Gasteiger partial charge >= 0.3 is 0 Å². The number of likely N-dealkylation sites (tertiary alicyclic amines) is 1. The van der Waals surface area contributed by atoms with Crippen LogP contribution in [0.1, 0.15) is 36.5 Å². The Hall–Kier alpha value is -1.66. The number of piperidine rings is 1. The molecular weight excluding hydrogens is 321 g/mol. The zero-order chi connectivity index (χ0) is 17.6. The van der Waals surface area contributed by atoms with Crippen LogP contribution in [-0.2, 0) is 4.74 Å². The van der Waals surface area contributed by atoms with Gasteiger partial charge in [0.05, 0.1) is 18.9 Å². The summed E-state index contributed by atoms with van der Waals surface area (Å²) in [5.41, 5.74) is 0.920. The fourth-order valence-corrected chi connectivity index (χ4v) is 3.61. The number of carbonyl (C=O) groups excluding carboxylic acids is 1. The van der Waals surface area contributed by atoms with Crippen molar-refractivity contribution in [3.8, 4) is 0 Å². The smallest absolute Gasteiger partial charge is 0.251 e. The number of nitrogens with zero attached hydrogens (tertiary/aromatic N) is 2. The van der Waals surface area contributed by atoms with Crippen molar-refractivity contribution in [3.05, 3.63) is 29.6 Å². The molecule has 0 aliphatic carbocycles. The van der Waals surface area contributed by atoms with Gasteiger partial charge in [-0.3, -0.25) is 9.69 Å². The predicted molar refractivity (Wildman–Crippen MR) is 96.7 cm³/mol. The number of carbonyl (C=O) groups is 1. The van der Waals surface area contributed by atoms with Crippen LogP contribution in [-0.4, -0.2) is 62.8 Å². The third-order valence-electron chi connectivity index (χ3n) is 5.19. The van der Waals surface area contributed by atoms with Crippen LogP contribution in [0.15, 0.2) is 18.2 Å².